The van der Waals surface area contributed by atoms with E-state index in [1.54, 1.807) is 23.5 Å². The zero-order chi connectivity index (χ0) is 20.4. The molecule has 0 bridgehead atoms. The molecule has 1 aromatic carbocycles. The first-order valence-corrected chi connectivity index (χ1v) is 7.66. The van der Waals surface area contributed by atoms with Crippen molar-refractivity contribution < 1.29 is 41.8 Å². The standard InChI is InChI=1S/C16H19F3N2O6/c1-25-11-5-3-4-10(14(11)26-2)6-7-13(23)27-8-12(22)21-15(24)20-9-16(17,18)19/h3-5H,6-9H2,1-2H3,(H2,20,21,22,24). The number of nitrogens with one attached hydrogen (secondary N) is 2. The Morgan fingerprint density at radius 3 is 2.41 bits per heavy atom. The van der Waals surface area contributed by atoms with E-state index in [1.165, 1.54) is 19.5 Å². The normalized spacial score (nSPS) is 10.7. The molecule has 0 heterocycles. The lowest BCUT2D eigenvalue weighted by Gasteiger charge is -2.12. The van der Waals surface area contributed by atoms with E-state index in [0.717, 1.165) is 0 Å². The lowest BCUT2D eigenvalue weighted by molar-refractivity contribution is -0.148. The Labute approximate surface area is 153 Å². The summed E-state index contributed by atoms with van der Waals surface area (Å²) >= 11 is 0. The van der Waals surface area contributed by atoms with Gasteiger partial charge in [0.25, 0.3) is 5.91 Å². The highest BCUT2D eigenvalue weighted by Crippen LogP contribution is 2.31. The van der Waals surface area contributed by atoms with Crippen molar-refractivity contribution in [2.24, 2.45) is 0 Å². The zero-order valence-electron chi connectivity index (χ0n) is 14.6. The predicted molar refractivity (Wildman–Crippen MR) is 86.4 cm³/mol. The SMILES string of the molecule is COc1cccc(CCC(=O)OCC(=O)NC(=O)NCC(F)(F)F)c1OC. The smallest absolute Gasteiger partial charge is 0.405 e. The maximum atomic E-state index is 11.9. The van der Waals surface area contributed by atoms with Crippen LogP contribution in [0, 0.1) is 0 Å². The molecule has 0 saturated carbocycles. The third-order valence-electron chi connectivity index (χ3n) is 3.15. The van der Waals surface area contributed by atoms with Crippen molar-refractivity contribution in [3.05, 3.63) is 23.8 Å². The van der Waals surface area contributed by atoms with Gasteiger partial charge in [0, 0.05) is 6.42 Å². The molecule has 27 heavy (non-hydrogen) atoms. The molecule has 1 rings (SSSR count). The molecular formula is C16H19F3N2O6. The molecule has 8 nitrogen and oxygen atoms in total. The maximum Gasteiger partial charge on any atom is 0.405 e. The number of ether oxygens (including phenoxy) is 3. The van der Waals surface area contributed by atoms with E-state index in [0.29, 0.717) is 17.1 Å². The molecule has 3 amide bonds. The van der Waals surface area contributed by atoms with E-state index in [-0.39, 0.29) is 12.8 Å². The molecular weight excluding hydrogens is 373 g/mol. The number of carbonyl (C=O) groups is 3. The Balaban J connectivity index is 2.39. The summed E-state index contributed by atoms with van der Waals surface area (Å²) in [5.41, 5.74) is 0.685. The molecule has 1 aromatic rings. The fourth-order valence-corrected chi connectivity index (χ4v) is 1.99. The first-order valence-electron chi connectivity index (χ1n) is 7.66. The van der Waals surface area contributed by atoms with Crippen molar-refractivity contribution in [2.45, 2.75) is 19.0 Å². The number of hydrogen-bond donors (Lipinski definition) is 2. The van der Waals surface area contributed by atoms with E-state index in [2.05, 4.69) is 4.74 Å². The number of alkyl halides is 3. The van der Waals surface area contributed by atoms with E-state index in [1.807, 2.05) is 0 Å². The molecule has 0 radical (unpaired) electrons. The minimum absolute atomic E-state index is 0.0862. The molecule has 0 spiro atoms. The molecule has 0 unspecified atom stereocenters. The number of methoxy groups -OCH3 is 2. The van der Waals surface area contributed by atoms with Gasteiger partial charge in [-0.2, -0.15) is 13.2 Å². The summed E-state index contributed by atoms with van der Waals surface area (Å²) in [4.78, 5) is 34.1. The number of aryl methyl sites for hydroxylation is 1. The van der Waals surface area contributed by atoms with Gasteiger partial charge in [-0.25, -0.2) is 4.79 Å². The summed E-state index contributed by atoms with van der Waals surface area (Å²) in [6.45, 7) is -2.39. The summed E-state index contributed by atoms with van der Waals surface area (Å²) in [7, 11) is 2.92. The van der Waals surface area contributed by atoms with Crippen LogP contribution in [0.5, 0.6) is 11.5 Å². The van der Waals surface area contributed by atoms with Crippen LogP contribution in [0.15, 0.2) is 18.2 Å². The number of imide groups is 1. The number of carbonyl (C=O) groups excluding carboxylic acids is 3. The molecule has 0 atom stereocenters. The van der Waals surface area contributed by atoms with E-state index in [9.17, 15) is 27.6 Å². The Hall–Kier alpha value is -2.98. The first kappa shape index (κ1) is 22.1. The van der Waals surface area contributed by atoms with Gasteiger partial charge in [0.15, 0.2) is 18.1 Å². The summed E-state index contributed by atoms with van der Waals surface area (Å²) in [6.07, 6.45) is -4.45. The number of benzene rings is 1. The molecule has 2 N–H and O–H groups in total. The van der Waals surface area contributed by atoms with Crippen LogP contribution in [0.1, 0.15) is 12.0 Å². The number of para-hydroxylation sites is 1. The molecule has 0 saturated heterocycles. The first-order chi connectivity index (χ1) is 12.7. The number of amides is 3. The summed E-state index contributed by atoms with van der Waals surface area (Å²) < 4.78 is 50.8. The van der Waals surface area contributed by atoms with E-state index in [4.69, 9.17) is 9.47 Å². The highest BCUT2D eigenvalue weighted by atomic mass is 19.4. The van der Waals surface area contributed by atoms with Crippen LogP contribution in [0.25, 0.3) is 0 Å². The molecule has 0 aliphatic rings. The maximum absolute atomic E-state index is 11.9. The predicted octanol–water partition coefficient (Wildman–Crippen LogP) is 1.57. The summed E-state index contributed by atoms with van der Waals surface area (Å²) in [5, 5.41) is 3.06. The minimum Gasteiger partial charge on any atom is -0.493 e. The Bertz CT molecular complexity index is 679. The number of rotatable bonds is 8. The topological polar surface area (TPSA) is 103 Å². The average molecular weight is 392 g/mol. The van der Waals surface area contributed by atoms with Crippen molar-refractivity contribution >= 4 is 17.9 Å². The fourth-order valence-electron chi connectivity index (χ4n) is 1.99. The van der Waals surface area contributed by atoms with Crippen LogP contribution in [-0.4, -0.2) is 51.5 Å². The Morgan fingerprint density at radius 1 is 1.11 bits per heavy atom. The van der Waals surface area contributed by atoms with Gasteiger partial charge in [-0.15, -0.1) is 0 Å². The van der Waals surface area contributed by atoms with Crippen LogP contribution in [0.4, 0.5) is 18.0 Å². The number of hydrogen-bond acceptors (Lipinski definition) is 6. The van der Waals surface area contributed by atoms with Crippen molar-refractivity contribution in [3.8, 4) is 11.5 Å². The molecule has 0 aliphatic heterocycles. The van der Waals surface area contributed by atoms with E-state index < -0.39 is 37.2 Å². The fraction of sp³-hybridized carbons (Fsp3) is 0.438. The van der Waals surface area contributed by atoms with Gasteiger partial charge in [-0.3, -0.25) is 14.9 Å². The van der Waals surface area contributed by atoms with Gasteiger partial charge in [-0.05, 0) is 18.1 Å². The van der Waals surface area contributed by atoms with Gasteiger partial charge in [0.2, 0.25) is 0 Å². The third kappa shape index (κ3) is 8.29. The van der Waals surface area contributed by atoms with Gasteiger partial charge in [-0.1, -0.05) is 12.1 Å². The van der Waals surface area contributed by atoms with Gasteiger partial charge >= 0.3 is 18.2 Å². The van der Waals surface area contributed by atoms with Crippen molar-refractivity contribution in [1.29, 1.82) is 0 Å². The molecule has 150 valence electrons. The lowest BCUT2D eigenvalue weighted by atomic mass is 10.1. The number of halogens is 3. The lowest BCUT2D eigenvalue weighted by Crippen LogP contribution is -2.44. The van der Waals surface area contributed by atoms with Gasteiger partial charge < -0.3 is 19.5 Å². The molecule has 0 fully saturated rings. The van der Waals surface area contributed by atoms with Crippen LogP contribution in [0.3, 0.4) is 0 Å². The van der Waals surface area contributed by atoms with E-state index >= 15 is 0 Å². The monoisotopic (exact) mass is 392 g/mol. The van der Waals surface area contributed by atoms with Gasteiger partial charge in [0.1, 0.15) is 6.54 Å². The summed E-state index contributed by atoms with van der Waals surface area (Å²) in [6, 6.07) is 3.80. The van der Waals surface area contributed by atoms with Crippen LogP contribution in [0.2, 0.25) is 0 Å². The Kier molecular flexibility index (Phi) is 8.36. The quantitative estimate of drug-likeness (QED) is 0.651. The minimum atomic E-state index is -4.60. The van der Waals surface area contributed by atoms with Crippen molar-refractivity contribution in [1.82, 2.24) is 10.6 Å². The van der Waals surface area contributed by atoms with Crippen molar-refractivity contribution in [2.75, 3.05) is 27.4 Å². The average Bonchev–Trinajstić information content (AvgIpc) is 2.61. The molecule has 0 aliphatic carbocycles. The van der Waals surface area contributed by atoms with Crippen LogP contribution >= 0.6 is 0 Å². The number of esters is 1. The third-order valence-corrected chi connectivity index (χ3v) is 3.15. The second-order valence-electron chi connectivity index (χ2n) is 5.16. The molecule has 11 heteroatoms. The summed E-state index contributed by atoms with van der Waals surface area (Å²) in [5.74, 6) is -0.827. The highest BCUT2D eigenvalue weighted by molar-refractivity contribution is 5.95. The second kappa shape index (κ2) is 10.2. The largest absolute Gasteiger partial charge is 0.493 e. The van der Waals surface area contributed by atoms with Gasteiger partial charge in [0.05, 0.1) is 14.2 Å². The number of urea groups is 1. The molecule has 0 aromatic heterocycles. The Morgan fingerprint density at radius 2 is 1.81 bits per heavy atom. The second-order valence-corrected chi connectivity index (χ2v) is 5.16. The van der Waals surface area contributed by atoms with Crippen LogP contribution in [-0.2, 0) is 20.7 Å². The zero-order valence-corrected chi connectivity index (χ0v) is 14.6. The van der Waals surface area contributed by atoms with Crippen molar-refractivity contribution in [3.63, 3.8) is 0 Å². The van der Waals surface area contributed by atoms with Crippen LogP contribution < -0.4 is 20.1 Å². The highest BCUT2D eigenvalue weighted by Gasteiger charge is 2.28.